The van der Waals surface area contributed by atoms with Crippen LogP contribution in [0.3, 0.4) is 0 Å². The molecule has 266 valence electrons. The van der Waals surface area contributed by atoms with E-state index in [0.29, 0.717) is 29.7 Å². The summed E-state index contributed by atoms with van der Waals surface area (Å²) in [5.74, 6) is -5.05. The molecule has 0 aromatic heterocycles. The Labute approximate surface area is 289 Å². The Morgan fingerprint density at radius 2 is 1.74 bits per heavy atom. The van der Waals surface area contributed by atoms with Gasteiger partial charge < -0.3 is 34.8 Å². The monoisotopic (exact) mass is 689 g/mol. The number of Topliss-reactive ketones (excluding diaryl/α,β-unsaturated/α-hetero) is 2. The van der Waals surface area contributed by atoms with Gasteiger partial charge in [-0.15, -0.1) is 0 Å². The lowest BCUT2D eigenvalue weighted by Gasteiger charge is -2.56. The van der Waals surface area contributed by atoms with Crippen molar-refractivity contribution in [1.82, 2.24) is 5.32 Å². The van der Waals surface area contributed by atoms with Gasteiger partial charge in [0.05, 0.1) is 11.2 Å². The van der Waals surface area contributed by atoms with Gasteiger partial charge in [-0.05, 0) is 79.9 Å². The summed E-state index contributed by atoms with van der Waals surface area (Å²) in [6.07, 6.45) is 8.35. The molecule has 1 saturated heterocycles. The zero-order valence-corrected chi connectivity index (χ0v) is 29.3. The molecule has 3 aliphatic carbocycles. The van der Waals surface area contributed by atoms with Gasteiger partial charge in [0.15, 0.2) is 22.8 Å². The van der Waals surface area contributed by atoms with Gasteiger partial charge in [-0.2, -0.15) is 0 Å². The van der Waals surface area contributed by atoms with Crippen molar-refractivity contribution in [3.8, 4) is 17.2 Å². The molecule has 1 unspecified atom stereocenters. The first-order valence-corrected chi connectivity index (χ1v) is 16.8. The van der Waals surface area contributed by atoms with Crippen LogP contribution in [0.4, 0.5) is 0 Å². The second-order valence-electron chi connectivity index (χ2n) is 15.2. The molecule has 3 aliphatic heterocycles. The van der Waals surface area contributed by atoms with E-state index >= 15 is 0 Å². The van der Waals surface area contributed by atoms with E-state index in [0.717, 1.165) is 5.57 Å². The van der Waals surface area contributed by atoms with Gasteiger partial charge in [0.25, 0.3) is 0 Å². The number of phenolic OH excluding ortho intramolecular Hbond substituents is 1. The minimum Gasteiger partial charge on any atom is -0.506 e. The predicted octanol–water partition coefficient (Wildman–Crippen LogP) is 4.86. The van der Waals surface area contributed by atoms with Crippen molar-refractivity contribution >= 4 is 35.5 Å². The van der Waals surface area contributed by atoms with Gasteiger partial charge in [0.1, 0.15) is 34.5 Å². The SMILES string of the molecule is CC(C)=CCc1c2c(c(O)c3c1O[C@@]14C(=C[C@H]5CC1C(C)(C)O[C@]4(C/C=C(/C)C(=O)N[C@@H](CCC(=O)O)C(=O)O)C5=O)C3=O)C=CC(C)(C)O2. The molecule has 12 heteroatoms. The predicted molar refractivity (Wildman–Crippen MR) is 180 cm³/mol. The molecule has 12 nitrogen and oxygen atoms in total. The van der Waals surface area contributed by atoms with E-state index in [9.17, 15) is 34.2 Å². The van der Waals surface area contributed by atoms with Gasteiger partial charge in [-0.1, -0.05) is 23.8 Å². The van der Waals surface area contributed by atoms with Crippen molar-refractivity contribution in [3.05, 3.63) is 57.7 Å². The number of carboxylic acid groups (broad SMARTS) is 2. The maximum absolute atomic E-state index is 14.7. The molecule has 1 spiro atoms. The first-order chi connectivity index (χ1) is 23.3. The van der Waals surface area contributed by atoms with E-state index in [4.69, 9.17) is 19.3 Å². The molecule has 4 N–H and O–H groups in total. The first kappa shape index (κ1) is 35.1. The normalized spacial score (nSPS) is 28.3. The van der Waals surface area contributed by atoms with Crippen LogP contribution < -0.4 is 14.8 Å². The summed E-state index contributed by atoms with van der Waals surface area (Å²) in [7, 11) is 0. The average Bonchev–Trinajstić information content (AvgIpc) is 3.17. The van der Waals surface area contributed by atoms with Gasteiger partial charge in [-0.25, -0.2) is 4.79 Å². The maximum Gasteiger partial charge on any atom is 0.326 e. The molecule has 0 radical (unpaired) electrons. The van der Waals surface area contributed by atoms with E-state index in [-0.39, 0.29) is 46.8 Å². The summed E-state index contributed by atoms with van der Waals surface area (Å²) in [4.78, 5) is 65.2. The molecule has 2 fully saturated rings. The van der Waals surface area contributed by atoms with Crippen LogP contribution in [0.2, 0.25) is 0 Å². The Kier molecular flexibility index (Phi) is 8.21. The Bertz CT molecular complexity index is 1870. The number of ether oxygens (including phenoxy) is 3. The molecule has 5 atom stereocenters. The maximum atomic E-state index is 14.7. The number of phenols is 1. The van der Waals surface area contributed by atoms with Crippen molar-refractivity contribution in [2.24, 2.45) is 11.8 Å². The number of nitrogens with one attached hydrogen (secondary N) is 1. The average molecular weight is 690 g/mol. The third kappa shape index (κ3) is 5.18. The fraction of sp³-hybridized carbons (Fsp3) is 0.500. The topological polar surface area (TPSA) is 186 Å². The number of aromatic hydroxyl groups is 1. The van der Waals surface area contributed by atoms with Crippen LogP contribution in [0.1, 0.15) is 95.6 Å². The molecule has 1 aromatic carbocycles. The van der Waals surface area contributed by atoms with Crippen molar-refractivity contribution in [1.29, 1.82) is 0 Å². The van der Waals surface area contributed by atoms with E-state index in [1.807, 2.05) is 53.7 Å². The standard InChI is InChI=1S/C38H43NO11/c1-18(2)8-9-22-30-21(13-14-35(4,5)48-30)28(42)27-29(43)23-16-20-17-25-36(6,7)50-37(32(20)44,38(23,25)49-31(22)27)15-12-19(3)33(45)39-24(34(46)47)10-11-26(40)41/h8,12-14,16,20,24-25,42H,9-11,15,17H2,1-7H3,(H,39,45)(H,40,41)(H,46,47)/b19-12-/t20-,24-,25?,37+,38-/m0/s1. The van der Waals surface area contributed by atoms with E-state index < -0.39 is 70.3 Å². The molecule has 4 bridgehead atoms. The smallest absolute Gasteiger partial charge is 0.326 e. The highest BCUT2D eigenvalue weighted by molar-refractivity contribution is 6.19. The number of hydrogen-bond acceptors (Lipinski definition) is 9. The highest BCUT2D eigenvalue weighted by Crippen LogP contribution is 2.68. The molecule has 1 aromatic rings. The highest BCUT2D eigenvalue weighted by atomic mass is 16.6. The highest BCUT2D eigenvalue weighted by Gasteiger charge is 2.81. The Balaban J connectivity index is 1.49. The number of rotatable bonds is 10. The van der Waals surface area contributed by atoms with Crippen LogP contribution in [0.5, 0.6) is 17.2 Å². The summed E-state index contributed by atoms with van der Waals surface area (Å²) in [5.41, 5.74) is -2.86. The molecular formula is C38H43NO11. The van der Waals surface area contributed by atoms with E-state index in [2.05, 4.69) is 5.32 Å². The van der Waals surface area contributed by atoms with Gasteiger partial charge in [0, 0.05) is 41.4 Å². The first-order valence-electron chi connectivity index (χ1n) is 16.8. The number of hydrogen-bond donors (Lipinski definition) is 4. The van der Waals surface area contributed by atoms with E-state index in [1.54, 1.807) is 12.2 Å². The van der Waals surface area contributed by atoms with Crippen LogP contribution in [0.25, 0.3) is 6.08 Å². The van der Waals surface area contributed by atoms with Crippen molar-refractivity contribution in [2.75, 3.05) is 0 Å². The van der Waals surface area contributed by atoms with Crippen LogP contribution in [-0.4, -0.2) is 73.2 Å². The summed E-state index contributed by atoms with van der Waals surface area (Å²) in [5, 5.41) is 32.6. The number of carbonyl (C=O) groups is 5. The van der Waals surface area contributed by atoms with Crippen LogP contribution in [-0.2, 0) is 30.3 Å². The number of amides is 1. The fourth-order valence-corrected chi connectivity index (χ4v) is 8.25. The lowest BCUT2D eigenvalue weighted by atomic mass is 9.51. The molecular weight excluding hydrogens is 646 g/mol. The molecule has 50 heavy (non-hydrogen) atoms. The molecule has 1 amide bonds. The Morgan fingerprint density at radius 1 is 1.04 bits per heavy atom. The Morgan fingerprint density at radius 3 is 2.38 bits per heavy atom. The van der Waals surface area contributed by atoms with Gasteiger partial charge >= 0.3 is 11.9 Å². The number of carbonyl (C=O) groups excluding carboxylic acids is 3. The Hall–Kier alpha value is -4.71. The largest absolute Gasteiger partial charge is 0.506 e. The van der Waals surface area contributed by atoms with Crippen LogP contribution in [0.15, 0.2) is 41.0 Å². The third-order valence-electron chi connectivity index (χ3n) is 10.6. The number of fused-ring (bicyclic) bond motifs is 2. The molecule has 6 aliphatic rings. The van der Waals surface area contributed by atoms with E-state index in [1.165, 1.54) is 13.0 Å². The molecule has 1 saturated carbocycles. The van der Waals surface area contributed by atoms with Gasteiger partial charge in [-0.3, -0.25) is 19.2 Å². The minimum atomic E-state index is -1.75. The van der Waals surface area contributed by atoms with Crippen LogP contribution >= 0.6 is 0 Å². The lowest BCUT2D eigenvalue weighted by molar-refractivity contribution is -0.171. The number of carboxylic acids is 2. The van der Waals surface area contributed by atoms with Crippen molar-refractivity contribution in [2.45, 2.75) is 109 Å². The summed E-state index contributed by atoms with van der Waals surface area (Å²) < 4.78 is 20.3. The lowest BCUT2D eigenvalue weighted by Crippen LogP contribution is -2.72. The molecule has 3 heterocycles. The quantitative estimate of drug-likeness (QED) is 0.194. The second-order valence-corrected chi connectivity index (χ2v) is 15.2. The summed E-state index contributed by atoms with van der Waals surface area (Å²) in [6, 6.07) is -1.44. The molecule has 7 rings (SSSR count). The number of ketones is 2. The number of benzene rings is 1. The zero-order chi connectivity index (χ0) is 36.7. The van der Waals surface area contributed by atoms with Gasteiger partial charge in [0.2, 0.25) is 5.91 Å². The number of aliphatic carboxylic acids is 2. The minimum absolute atomic E-state index is 0.00901. The number of allylic oxidation sites excluding steroid dienone is 3. The summed E-state index contributed by atoms with van der Waals surface area (Å²) >= 11 is 0. The summed E-state index contributed by atoms with van der Waals surface area (Å²) in [6.45, 7) is 12.8. The fourth-order valence-electron chi connectivity index (χ4n) is 8.25. The second kappa shape index (κ2) is 11.7. The van der Waals surface area contributed by atoms with Crippen molar-refractivity contribution in [3.63, 3.8) is 0 Å². The third-order valence-corrected chi connectivity index (χ3v) is 10.6. The van der Waals surface area contributed by atoms with Crippen molar-refractivity contribution < 1.29 is 53.5 Å². The van der Waals surface area contributed by atoms with Crippen LogP contribution in [0, 0.1) is 11.8 Å². The zero-order valence-electron chi connectivity index (χ0n) is 29.3.